The highest BCUT2D eigenvalue weighted by molar-refractivity contribution is 5.84. The second kappa shape index (κ2) is 9.39. The first-order valence-electron chi connectivity index (χ1n) is 8.45. The summed E-state index contributed by atoms with van der Waals surface area (Å²) < 4.78 is 5.25. The Bertz CT molecular complexity index is 522. The maximum atomic E-state index is 12.5. The van der Waals surface area contributed by atoms with Crippen molar-refractivity contribution in [2.75, 3.05) is 33.4 Å². The number of methoxy groups -OCH3 is 1. The van der Waals surface area contributed by atoms with Crippen molar-refractivity contribution < 1.29 is 14.3 Å². The van der Waals surface area contributed by atoms with Crippen LogP contribution in [0.1, 0.15) is 24.8 Å². The Labute approximate surface area is 143 Å². The van der Waals surface area contributed by atoms with Gasteiger partial charge in [-0.2, -0.15) is 0 Å². The Morgan fingerprint density at radius 2 is 1.88 bits per heavy atom. The van der Waals surface area contributed by atoms with Crippen molar-refractivity contribution in [1.29, 1.82) is 0 Å². The van der Waals surface area contributed by atoms with E-state index < -0.39 is 5.41 Å². The average Bonchev–Trinajstić information content (AvgIpc) is 2.62. The van der Waals surface area contributed by atoms with E-state index in [1.807, 2.05) is 30.3 Å². The van der Waals surface area contributed by atoms with E-state index in [0.717, 1.165) is 31.5 Å². The smallest absolute Gasteiger partial charge is 0.228 e. The van der Waals surface area contributed by atoms with Gasteiger partial charge >= 0.3 is 0 Å². The molecule has 1 aliphatic rings. The molecule has 24 heavy (non-hydrogen) atoms. The van der Waals surface area contributed by atoms with Crippen LogP contribution >= 0.6 is 0 Å². The first-order valence-corrected chi connectivity index (χ1v) is 8.45. The van der Waals surface area contributed by atoms with Gasteiger partial charge in [0.1, 0.15) is 0 Å². The zero-order valence-electron chi connectivity index (χ0n) is 14.3. The molecule has 0 spiro atoms. The number of nitrogens with one attached hydrogen (secondary N) is 3. The van der Waals surface area contributed by atoms with Gasteiger partial charge in [0.05, 0.1) is 12.0 Å². The molecule has 6 nitrogen and oxygen atoms in total. The van der Waals surface area contributed by atoms with E-state index in [4.69, 9.17) is 4.74 Å². The Morgan fingerprint density at radius 3 is 2.54 bits per heavy atom. The standard InChI is InChI=1S/C18H27N3O3/c1-24-14-18(8-11-19-12-9-18)17(23)20-10-7-16(22)21-13-15-5-3-2-4-6-15/h2-6,19H,7-14H2,1H3,(H,20,23)(H,21,22). The quantitative estimate of drug-likeness (QED) is 0.658. The number of carbonyl (C=O) groups excluding carboxylic acids is 2. The topological polar surface area (TPSA) is 79.5 Å². The molecule has 1 aliphatic heterocycles. The SMILES string of the molecule is COCC1(C(=O)NCCC(=O)NCc2ccccc2)CCNCC1. The molecule has 0 radical (unpaired) electrons. The zero-order chi connectivity index (χ0) is 17.3. The molecule has 0 saturated carbocycles. The highest BCUT2D eigenvalue weighted by Gasteiger charge is 2.39. The van der Waals surface area contributed by atoms with Crippen molar-refractivity contribution in [2.45, 2.75) is 25.8 Å². The van der Waals surface area contributed by atoms with Crippen molar-refractivity contribution in [3.8, 4) is 0 Å². The van der Waals surface area contributed by atoms with Gasteiger partial charge in [0.15, 0.2) is 0 Å². The second-order valence-electron chi connectivity index (χ2n) is 6.23. The molecule has 0 aliphatic carbocycles. The number of hydrogen-bond donors (Lipinski definition) is 3. The normalized spacial score (nSPS) is 16.4. The predicted molar refractivity (Wildman–Crippen MR) is 92.3 cm³/mol. The largest absolute Gasteiger partial charge is 0.384 e. The van der Waals surface area contributed by atoms with Crippen LogP contribution in [0.15, 0.2) is 30.3 Å². The lowest BCUT2D eigenvalue weighted by molar-refractivity contribution is -0.136. The van der Waals surface area contributed by atoms with Gasteiger partial charge in [-0.15, -0.1) is 0 Å². The van der Waals surface area contributed by atoms with Gasteiger partial charge in [0.2, 0.25) is 11.8 Å². The van der Waals surface area contributed by atoms with E-state index in [-0.39, 0.29) is 18.2 Å². The summed E-state index contributed by atoms with van der Waals surface area (Å²) in [7, 11) is 1.62. The molecule has 0 bridgehead atoms. The predicted octanol–water partition coefficient (Wildman–Crippen LogP) is 0.825. The molecule has 1 fully saturated rings. The van der Waals surface area contributed by atoms with Gasteiger partial charge in [-0.3, -0.25) is 9.59 Å². The summed E-state index contributed by atoms with van der Waals surface area (Å²) in [6, 6.07) is 9.75. The molecular weight excluding hydrogens is 306 g/mol. The molecule has 1 aromatic carbocycles. The zero-order valence-corrected chi connectivity index (χ0v) is 14.3. The van der Waals surface area contributed by atoms with Gasteiger partial charge < -0.3 is 20.7 Å². The molecule has 0 aromatic heterocycles. The van der Waals surface area contributed by atoms with Crippen LogP contribution in [-0.4, -0.2) is 45.2 Å². The Balaban J connectivity index is 1.71. The summed E-state index contributed by atoms with van der Waals surface area (Å²) >= 11 is 0. The van der Waals surface area contributed by atoms with E-state index >= 15 is 0 Å². The number of piperidine rings is 1. The molecule has 132 valence electrons. The monoisotopic (exact) mass is 333 g/mol. The summed E-state index contributed by atoms with van der Waals surface area (Å²) in [6.07, 6.45) is 1.79. The summed E-state index contributed by atoms with van der Waals surface area (Å²) in [5, 5.41) is 9.02. The van der Waals surface area contributed by atoms with Crippen LogP contribution in [0.25, 0.3) is 0 Å². The highest BCUT2D eigenvalue weighted by atomic mass is 16.5. The third kappa shape index (κ3) is 5.32. The fraction of sp³-hybridized carbons (Fsp3) is 0.556. The van der Waals surface area contributed by atoms with Gasteiger partial charge in [-0.1, -0.05) is 30.3 Å². The van der Waals surface area contributed by atoms with Crippen molar-refractivity contribution in [2.24, 2.45) is 5.41 Å². The maximum Gasteiger partial charge on any atom is 0.228 e. The van der Waals surface area contributed by atoms with E-state index in [1.54, 1.807) is 7.11 Å². The van der Waals surface area contributed by atoms with Crippen molar-refractivity contribution in [3.05, 3.63) is 35.9 Å². The molecule has 1 aromatic rings. The number of rotatable bonds is 8. The summed E-state index contributed by atoms with van der Waals surface area (Å²) in [5.41, 5.74) is 0.587. The summed E-state index contributed by atoms with van der Waals surface area (Å²) in [5.74, 6) is -0.0769. The number of ether oxygens (including phenoxy) is 1. The van der Waals surface area contributed by atoms with Crippen LogP contribution in [0.2, 0.25) is 0 Å². The number of benzene rings is 1. The number of carbonyl (C=O) groups is 2. The Kier molecular flexibility index (Phi) is 7.21. The van der Waals surface area contributed by atoms with Gasteiger partial charge in [0.25, 0.3) is 0 Å². The third-order valence-corrected chi connectivity index (χ3v) is 4.43. The van der Waals surface area contributed by atoms with E-state index in [2.05, 4.69) is 16.0 Å². The Hall–Kier alpha value is -1.92. The average molecular weight is 333 g/mol. The second-order valence-corrected chi connectivity index (χ2v) is 6.23. The van der Waals surface area contributed by atoms with Crippen LogP contribution in [0.4, 0.5) is 0 Å². The lowest BCUT2D eigenvalue weighted by Gasteiger charge is -2.35. The van der Waals surface area contributed by atoms with Crippen LogP contribution in [0.5, 0.6) is 0 Å². The van der Waals surface area contributed by atoms with Crippen LogP contribution in [0, 0.1) is 5.41 Å². The minimum absolute atomic E-state index is 0.0123. The number of hydrogen-bond acceptors (Lipinski definition) is 4. The minimum Gasteiger partial charge on any atom is -0.384 e. The van der Waals surface area contributed by atoms with E-state index in [0.29, 0.717) is 19.7 Å². The molecule has 2 amide bonds. The fourth-order valence-corrected chi connectivity index (χ4v) is 2.98. The minimum atomic E-state index is -0.472. The summed E-state index contributed by atoms with van der Waals surface area (Å²) in [6.45, 7) is 2.90. The van der Waals surface area contributed by atoms with Crippen LogP contribution in [0.3, 0.4) is 0 Å². The molecule has 1 heterocycles. The molecule has 1 saturated heterocycles. The highest BCUT2D eigenvalue weighted by Crippen LogP contribution is 2.29. The molecular formula is C18H27N3O3. The lowest BCUT2D eigenvalue weighted by Crippen LogP contribution is -2.50. The van der Waals surface area contributed by atoms with Crippen LogP contribution in [-0.2, 0) is 20.9 Å². The van der Waals surface area contributed by atoms with Crippen LogP contribution < -0.4 is 16.0 Å². The van der Waals surface area contributed by atoms with Gasteiger partial charge in [-0.25, -0.2) is 0 Å². The first kappa shape index (κ1) is 18.4. The van der Waals surface area contributed by atoms with E-state index in [9.17, 15) is 9.59 Å². The Morgan fingerprint density at radius 1 is 1.17 bits per heavy atom. The van der Waals surface area contributed by atoms with Crippen molar-refractivity contribution in [1.82, 2.24) is 16.0 Å². The molecule has 2 rings (SSSR count). The fourth-order valence-electron chi connectivity index (χ4n) is 2.98. The molecule has 6 heteroatoms. The number of amides is 2. The van der Waals surface area contributed by atoms with Crippen molar-refractivity contribution in [3.63, 3.8) is 0 Å². The molecule has 0 atom stereocenters. The summed E-state index contributed by atoms with van der Waals surface area (Å²) in [4.78, 5) is 24.4. The van der Waals surface area contributed by atoms with E-state index in [1.165, 1.54) is 0 Å². The van der Waals surface area contributed by atoms with Gasteiger partial charge in [-0.05, 0) is 31.5 Å². The molecule has 0 unspecified atom stereocenters. The maximum absolute atomic E-state index is 12.5. The van der Waals surface area contributed by atoms with Gasteiger partial charge in [0, 0.05) is 26.6 Å². The molecule has 3 N–H and O–H groups in total. The van der Waals surface area contributed by atoms with Crippen molar-refractivity contribution >= 4 is 11.8 Å². The first-order chi connectivity index (χ1) is 11.7. The lowest BCUT2D eigenvalue weighted by atomic mass is 9.78. The third-order valence-electron chi connectivity index (χ3n) is 4.43.